The normalized spacial score (nSPS) is 15.1. The van der Waals surface area contributed by atoms with Crippen molar-refractivity contribution in [2.45, 2.75) is 46.5 Å². The molecule has 0 saturated carbocycles. The average molecular weight is 533 g/mol. The Morgan fingerprint density at radius 3 is 2.62 bits per heavy atom. The SMILES string of the molecule is CCOc1cc(-c2ccc(N3CCC(CCC(=O)OCC(C)C)(CN(C)C)CC3)nc2)c2c(C#N)cnn2c1. The highest BCUT2D eigenvalue weighted by molar-refractivity contribution is 5.85. The number of piperidine rings is 1. The molecule has 208 valence electrons. The van der Waals surface area contributed by atoms with Crippen LogP contribution in [0.25, 0.3) is 16.6 Å². The van der Waals surface area contributed by atoms with E-state index in [1.54, 1.807) is 16.9 Å². The third-order valence-electron chi connectivity index (χ3n) is 7.31. The summed E-state index contributed by atoms with van der Waals surface area (Å²) in [6.07, 6.45) is 8.51. The molecule has 0 bridgehead atoms. The quantitative estimate of drug-likeness (QED) is 0.325. The third kappa shape index (κ3) is 6.87. The Hall–Kier alpha value is -3.64. The van der Waals surface area contributed by atoms with Gasteiger partial charge in [-0.25, -0.2) is 9.50 Å². The van der Waals surface area contributed by atoms with Gasteiger partial charge in [0.1, 0.15) is 17.6 Å². The second-order valence-corrected chi connectivity index (χ2v) is 11.2. The number of nitriles is 1. The molecule has 3 aromatic heterocycles. The molecule has 0 radical (unpaired) electrons. The molecule has 0 atom stereocenters. The molecular formula is C30H40N6O3. The topological polar surface area (TPSA) is 96.0 Å². The van der Waals surface area contributed by atoms with Gasteiger partial charge in [0.2, 0.25) is 0 Å². The first-order chi connectivity index (χ1) is 18.7. The lowest BCUT2D eigenvalue weighted by molar-refractivity contribution is -0.145. The zero-order chi connectivity index (χ0) is 28.0. The van der Waals surface area contributed by atoms with E-state index in [2.05, 4.69) is 48.9 Å². The number of aromatic nitrogens is 3. The van der Waals surface area contributed by atoms with Crippen molar-refractivity contribution < 1.29 is 14.3 Å². The highest BCUT2D eigenvalue weighted by atomic mass is 16.5. The number of pyridine rings is 2. The summed E-state index contributed by atoms with van der Waals surface area (Å²) in [6.45, 7) is 9.78. The monoisotopic (exact) mass is 532 g/mol. The fourth-order valence-corrected chi connectivity index (χ4v) is 5.44. The van der Waals surface area contributed by atoms with Crippen LogP contribution in [-0.2, 0) is 9.53 Å². The maximum atomic E-state index is 12.3. The number of esters is 1. The first-order valence-electron chi connectivity index (χ1n) is 13.8. The Morgan fingerprint density at radius 1 is 1.23 bits per heavy atom. The van der Waals surface area contributed by atoms with Crippen molar-refractivity contribution in [2.75, 3.05) is 51.8 Å². The lowest BCUT2D eigenvalue weighted by Crippen LogP contribution is -2.45. The summed E-state index contributed by atoms with van der Waals surface area (Å²) in [7, 11) is 4.20. The van der Waals surface area contributed by atoms with Crippen LogP contribution in [0.2, 0.25) is 0 Å². The van der Waals surface area contributed by atoms with E-state index in [4.69, 9.17) is 14.5 Å². The molecule has 1 aliphatic heterocycles. The van der Waals surface area contributed by atoms with Crippen molar-refractivity contribution in [2.24, 2.45) is 11.3 Å². The average Bonchev–Trinajstić information content (AvgIpc) is 3.34. The van der Waals surface area contributed by atoms with Crippen LogP contribution in [0.1, 0.15) is 52.0 Å². The van der Waals surface area contributed by atoms with Crippen LogP contribution < -0.4 is 9.64 Å². The predicted octanol–water partition coefficient (Wildman–Crippen LogP) is 4.79. The maximum absolute atomic E-state index is 12.3. The minimum atomic E-state index is -0.0956. The Bertz CT molecular complexity index is 1300. The van der Waals surface area contributed by atoms with Crippen molar-refractivity contribution in [1.82, 2.24) is 19.5 Å². The first kappa shape index (κ1) is 28.4. The van der Waals surface area contributed by atoms with Crippen molar-refractivity contribution in [3.05, 3.63) is 42.4 Å². The fraction of sp³-hybridized carbons (Fsp3) is 0.533. The van der Waals surface area contributed by atoms with Gasteiger partial charge in [0.15, 0.2) is 0 Å². The third-order valence-corrected chi connectivity index (χ3v) is 7.31. The van der Waals surface area contributed by atoms with Crippen molar-refractivity contribution in [3.63, 3.8) is 0 Å². The van der Waals surface area contributed by atoms with Gasteiger partial charge in [-0.15, -0.1) is 0 Å². The molecule has 0 spiro atoms. The van der Waals surface area contributed by atoms with E-state index in [-0.39, 0.29) is 11.4 Å². The Kier molecular flexibility index (Phi) is 9.08. The molecule has 1 aliphatic rings. The molecule has 1 fully saturated rings. The number of carbonyl (C=O) groups excluding carboxylic acids is 1. The van der Waals surface area contributed by atoms with Gasteiger partial charge in [-0.3, -0.25) is 4.79 Å². The van der Waals surface area contributed by atoms with E-state index >= 15 is 0 Å². The van der Waals surface area contributed by atoms with Crippen LogP contribution in [0.5, 0.6) is 5.75 Å². The van der Waals surface area contributed by atoms with Gasteiger partial charge in [-0.2, -0.15) is 10.4 Å². The van der Waals surface area contributed by atoms with Crippen LogP contribution in [0.15, 0.2) is 36.8 Å². The number of anilines is 1. The maximum Gasteiger partial charge on any atom is 0.305 e. The number of nitrogens with zero attached hydrogens (tertiary/aromatic N) is 6. The minimum Gasteiger partial charge on any atom is -0.492 e. The standard InChI is InChI=1S/C30H40N6O3/c1-6-38-25-15-26(29-24(16-31)18-33-36(29)19-25)23-7-8-27(32-17-23)35-13-11-30(12-14-35,21-34(4)5)10-9-28(37)39-20-22(2)3/h7-8,15,17-19,22H,6,9-14,20-21H2,1-5H3. The number of hydrogen-bond donors (Lipinski definition) is 0. The fourth-order valence-electron chi connectivity index (χ4n) is 5.44. The van der Waals surface area contributed by atoms with E-state index in [9.17, 15) is 10.1 Å². The Labute approximate surface area is 231 Å². The number of fused-ring (bicyclic) bond motifs is 1. The van der Waals surface area contributed by atoms with Crippen LogP contribution in [-0.4, -0.2) is 72.4 Å². The van der Waals surface area contributed by atoms with Crippen LogP contribution in [0, 0.1) is 22.7 Å². The van der Waals surface area contributed by atoms with Crippen molar-refractivity contribution >= 4 is 17.3 Å². The summed E-state index contributed by atoms with van der Waals surface area (Å²) in [4.78, 5) is 21.7. The molecule has 4 heterocycles. The number of ether oxygens (including phenoxy) is 2. The summed E-state index contributed by atoms with van der Waals surface area (Å²) in [6, 6.07) is 8.28. The van der Waals surface area contributed by atoms with Gasteiger partial charge in [0.05, 0.1) is 36.7 Å². The molecule has 3 aromatic rings. The number of carbonyl (C=O) groups is 1. The van der Waals surface area contributed by atoms with Crippen molar-refractivity contribution in [1.29, 1.82) is 5.26 Å². The lowest BCUT2D eigenvalue weighted by atomic mass is 9.74. The van der Waals surface area contributed by atoms with E-state index < -0.39 is 0 Å². The summed E-state index contributed by atoms with van der Waals surface area (Å²) in [5.41, 5.74) is 3.10. The van der Waals surface area contributed by atoms with E-state index in [1.165, 1.54) is 0 Å². The summed E-state index contributed by atoms with van der Waals surface area (Å²) in [5.74, 6) is 1.87. The van der Waals surface area contributed by atoms with E-state index in [1.807, 2.05) is 31.3 Å². The molecular weight excluding hydrogens is 492 g/mol. The van der Waals surface area contributed by atoms with Crippen molar-refractivity contribution in [3.8, 4) is 22.9 Å². The molecule has 9 heteroatoms. The van der Waals surface area contributed by atoms with Gasteiger partial charge < -0.3 is 19.3 Å². The smallest absolute Gasteiger partial charge is 0.305 e. The highest BCUT2D eigenvalue weighted by Crippen LogP contribution is 2.38. The lowest BCUT2D eigenvalue weighted by Gasteiger charge is -2.43. The summed E-state index contributed by atoms with van der Waals surface area (Å²) >= 11 is 0. The minimum absolute atomic E-state index is 0.0812. The molecule has 1 saturated heterocycles. The van der Waals surface area contributed by atoms with E-state index in [0.29, 0.717) is 36.9 Å². The Balaban J connectivity index is 1.48. The van der Waals surface area contributed by atoms with Gasteiger partial charge in [0, 0.05) is 43.4 Å². The molecule has 0 aliphatic carbocycles. The zero-order valence-electron chi connectivity index (χ0n) is 23.8. The largest absolute Gasteiger partial charge is 0.492 e. The molecule has 9 nitrogen and oxygen atoms in total. The summed E-state index contributed by atoms with van der Waals surface area (Å²) < 4.78 is 12.9. The van der Waals surface area contributed by atoms with Gasteiger partial charge >= 0.3 is 5.97 Å². The van der Waals surface area contributed by atoms with Gasteiger partial charge in [-0.1, -0.05) is 13.8 Å². The van der Waals surface area contributed by atoms with E-state index in [0.717, 1.165) is 61.4 Å². The van der Waals surface area contributed by atoms with Gasteiger partial charge in [0.25, 0.3) is 0 Å². The first-order valence-corrected chi connectivity index (χ1v) is 13.8. The van der Waals surface area contributed by atoms with Crippen LogP contribution in [0.3, 0.4) is 0 Å². The second kappa shape index (κ2) is 12.5. The van der Waals surface area contributed by atoms with Crippen LogP contribution in [0.4, 0.5) is 5.82 Å². The zero-order valence-corrected chi connectivity index (χ0v) is 23.8. The molecule has 4 rings (SSSR count). The highest BCUT2D eigenvalue weighted by Gasteiger charge is 2.36. The molecule has 39 heavy (non-hydrogen) atoms. The Morgan fingerprint density at radius 2 is 2.00 bits per heavy atom. The van der Waals surface area contributed by atoms with Crippen LogP contribution >= 0.6 is 0 Å². The van der Waals surface area contributed by atoms with Gasteiger partial charge in [-0.05, 0) is 69.8 Å². The summed E-state index contributed by atoms with van der Waals surface area (Å²) in [5, 5.41) is 14.0. The number of hydrogen-bond acceptors (Lipinski definition) is 8. The molecule has 0 N–H and O–H groups in total. The number of rotatable bonds is 11. The molecule has 0 aromatic carbocycles. The molecule has 0 unspecified atom stereocenters. The molecule has 0 amide bonds. The predicted molar refractivity (Wildman–Crippen MR) is 152 cm³/mol. The second-order valence-electron chi connectivity index (χ2n) is 11.2.